The first-order valence-corrected chi connectivity index (χ1v) is 11.9. The number of rotatable bonds is 5. The molecule has 34 heavy (non-hydrogen) atoms. The molecule has 0 aliphatic heterocycles. The molecule has 2 heterocycles. The smallest absolute Gasteiger partial charge is 0.272 e. The number of carbonyl (C=O) groups is 1. The minimum atomic E-state index is -3.44. The fourth-order valence-corrected chi connectivity index (χ4v) is 4.33. The lowest BCUT2D eigenvalue weighted by Gasteiger charge is -2.10. The van der Waals surface area contributed by atoms with Crippen LogP contribution in [0.4, 0.5) is 20.2 Å². The van der Waals surface area contributed by atoms with E-state index in [2.05, 4.69) is 25.2 Å². The first kappa shape index (κ1) is 21.6. The van der Waals surface area contributed by atoms with Crippen LogP contribution in [-0.4, -0.2) is 35.8 Å². The van der Waals surface area contributed by atoms with E-state index in [0.29, 0.717) is 38.7 Å². The van der Waals surface area contributed by atoms with Crippen molar-refractivity contribution in [1.82, 2.24) is 15.2 Å². The van der Waals surface area contributed by atoms with Gasteiger partial charge in [-0.05, 0) is 48.0 Å². The molecule has 0 spiro atoms. The van der Waals surface area contributed by atoms with E-state index in [4.69, 9.17) is 0 Å². The number of benzene rings is 3. The first-order chi connectivity index (χ1) is 16.2. The molecular formula is C23H17F2N5O3S. The van der Waals surface area contributed by atoms with Gasteiger partial charge in [0.05, 0.1) is 23.7 Å². The molecule has 0 bridgehead atoms. The number of hydrogen-bond acceptors (Lipinski definition) is 4. The lowest BCUT2D eigenvalue weighted by molar-refractivity contribution is 0.102. The minimum Gasteiger partial charge on any atom is -0.350 e. The number of H-pyrrole nitrogens is 2. The average Bonchev–Trinajstić information content (AvgIpc) is 3.38. The molecule has 1 amide bonds. The third kappa shape index (κ3) is 4.20. The number of sulfonamides is 1. The van der Waals surface area contributed by atoms with Crippen molar-refractivity contribution in [2.24, 2.45) is 0 Å². The van der Waals surface area contributed by atoms with Crippen LogP contribution in [-0.2, 0) is 10.0 Å². The number of halogens is 2. The summed E-state index contributed by atoms with van der Waals surface area (Å²) in [5, 5.41) is 10.9. The van der Waals surface area contributed by atoms with Crippen molar-refractivity contribution in [2.75, 3.05) is 16.3 Å². The number of carbonyl (C=O) groups excluding carboxylic acids is 1. The standard InChI is InChI=1S/C23H17F2N5O3S/c1-34(32,33)30-14-4-2-12-6-22(28-20(12)9-14)23(31)27-15-8-17(18-11-26-29-21(18)10-15)16-5-3-13(24)7-19(16)25/h2-11,28,30H,1H3,(H,26,29)(H,27,31). The second kappa shape index (κ2) is 7.96. The monoisotopic (exact) mass is 481 g/mol. The Labute approximate surface area is 192 Å². The summed E-state index contributed by atoms with van der Waals surface area (Å²) in [6.45, 7) is 0. The quantitative estimate of drug-likeness (QED) is 0.293. The van der Waals surface area contributed by atoms with Crippen molar-refractivity contribution in [3.63, 3.8) is 0 Å². The van der Waals surface area contributed by atoms with Gasteiger partial charge < -0.3 is 10.3 Å². The molecule has 0 saturated carbocycles. The Bertz CT molecular complexity index is 1690. The molecule has 0 aliphatic rings. The Balaban J connectivity index is 1.48. The molecule has 8 nitrogen and oxygen atoms in total. The van der Waals surface area contributed by atoms with Crippen molar-refractivity contribution in [3.05, 3.63) is 78.1 Å². The van der Waals surface area contributed by atoms with Crippen LogP contribution >= 0.6 is 0 Å². The lowest BCUT2D eigenvalue weighted by atomic mass is 10.0. The number of fused-ring (bicyclic) bond motifs is 2. The van der Waals surface area contributed by atoms with Crippen molar-refractivity contribution >= 4 is 49.1 Å². The largest absolute Gasteiger partial charge is 0.350 e. The molecule has 5 rings (SSSR count). The maximum atomic E-state index is 14.5. The van der Waals surface area contributed by atoms with Crippen LogP contribution in [0.25, 0.3) is 32.9 Å². The third-order valence-electron chi connectivity index (χ3n) is 5.21. The molecular weight excluding hydrogens is 464 g/mol. The second-order valence-corrected chi connectivity index (χ2v) is 9.54. The molecule has 0 radical (unpaired) electrons. The van der Waals surface area contributed by atoms with E-state index >= 15 is 0 Å². The van der Waals surface area contributed by atoms with Crippen LogP contribution < -0.4 is 10.0 Å². The molecule has 0 unspecified atom stereocenters. The summed E-state index contributed by atoms with van der Waals surface area (Å²) < 4.78 is 53.2. The predicted octanol–water partition coefficient (Wildman–Crippen LogP) is 4.61. The predicted molar refractivity (Wildman–Crippen MR) is 126 cm³/mol. The summed E-state index contributed by atoms with van der Waals surface area (Å²) in [6.07, 6.45) is 2.58. The van der Waals surface area contributed by atoms with Crippen LogP contribution in [0.2, 0.25) is 0 Å². The SMILES string of the molecule is CS(=O)(=O)Nc1ccc2cc(C(=O)Nc3cc(-c4ccc(F)cc4F)c4cn[nH]c4c3)[nH]c2c1. The zero-order valence-corrected chi connectivity index (χ0v) is 18.4. The molecule has 4 N–H and O–H groups in total. The highest BCUT2D eigenvalue weighted by atomic mass is 32.2. The Morgan fingerprint density at radius 2 is 1.74 bits per heavy atom. The summed E-state index contributed by atoms with van der Waals surface area (Å²) in [7, 11) is -3.44. The summed E-state index contributed by atoms with van der Waals surface area (Å²) in [5.41, 5.74) is 2.71. The van der Waals surface area contributed by atoms with Gasteiger partial charge in [-0.3, -0.25) is 14.6 Å². The Hall–Kier alpha value is -4.25. The Kier molecular flexibility index (Phi) is 5.05. The van der Waals surface area contributed by atoms with Gasteiger partial charge in [0.2, 0.25) is 10.0 Å². The van der Waals surface area contributed by atoms with Crippen molar-refractivity contribution in [2.45, 2.75) is 0 Å². The zero-order valence-electron chi connectivity index (χ0n) is 17.6. The summed E-state index contributed by atoms with van der Waals surface area (Å²) >= 11 is 0. The number of hydrogen-bond donors (Lipinski definition) is 4. The number of anilines is 2. The molecule has 0 fully saturated rings. The van der Waals surface area contributed by atoms with E-state index in [9.17, 15) is 22.0 Å². The fourth-order valence-electron chi connectivity index (χ4n) is 3.78. The highest BCUT2D eigenvalue weighted by molar-refractivity contribution is 7.92. The van der Waals surface area contributed by atoms with E-state index in [0.717, 1.165) is 18.4 Å². The number of nitrogens with one attached hydrogen (secondary N) is 4. The van der Waals surface area contributed by atoms with Crippen molar-refractivity contribution in [1.29, 1.82) is 0 Å². The lowest BCUT2D eigenvalue weighted by Crippen LogP contribution is -2.12. The van der Waals surface area contributed by atoms with Gasteiger partial charge in [-0.1, -0.05) is 6.07 Å². The van der Waals surface area contributed by atoms with Crippen LogP contribution in [0.3, 0.4) is 0 Å². The zero-order chi connectivity index (χ0) is 24.0. The van der Waals surface area contributed by atoms with Gasteiger partial charge in [0, 0.05) is 33.6 Å². The number of nitrogens with zero attached hydrogens (tertiary/aromatic N) is 1. The molecule has 0 saturated heterocycles. The number of amides is 1. The van der Waals surface area contributed by atoms with Crippen LogP contribution in [0.15, 0.2) is 60.8 Å². The maximum absolute atomic E-state index is 14.5. The van der Waals surface area contributed by atoms with Gasteiger partial charge in [-0.2, -0.15) is 5.10 Å². The molecule has 0 atom stereocenters. The van der Waals surface area contributed by atoms with Crippen molar-refractivity contribution in [3.8, 4) is 11.1 Å². The first-order valence-electron chi connectivity index (χ1n) is 10.0. The summed E-state index contributed by atoms with van der Waals surface area (Å²) in [5.74, 6) is -1.89. The topological polar surface area (TPSA) is 120 Å². The van der Waals surface area contributed by atoms with Gasteiger partial charge in [-0.25, -0.2) is 17.2 Å². The van der Waals surface area contributed by atoms with E-state index in [1.165, 1.54) is 12.3 Å². The van der Waals surface area contributed by atoms with Gasteiger partial charge >= 0.3 is 0 Å². The van der Waals surface area contributed by atoms with E-state index in [1.54, 1.807) is 36.4 Å². The third-order valence-corrected chi connectivity index (χ3v) is 5.81. The average molecular weight is 481 g/mol. The minimum absolute atomic E-state index is 0.167. The number of aromatic amines is 2. The maximum Gasteiger partial charge on any atom is 0.272 e. The van der Waals surface area contributed by atoms with E-state index in [1.807, 2.05) is 0 Å². The van der Waals surface area contributed by atoms with Gasteiger partial charge in [-0.15, -0.1) is 0 Å². The molecule has 11 heteroatoms. The summed E-state index contributed by atoms with van der Waals surface area (Å²) in [6, 6.07) is 13.0. The van der Waals surface area contributed by atoms with Crippen molar-refractivity contribution < 1.29 is 22.0 Å². The van der Waals surface area contributed by atoms with Gasteiger partial charge in [0.25, 0.3) is 5.91 Å². The summed E-state index contributed by atoms with van der Waals surface area (Å²) in [4.78, 5) is 15.9. The van der Waals surface area contributed by atoms with E-state index < -0.39 is 27.6 Å². The molecule has 3 aromatic carbocycles. The molecule has 0 aliphatic carbocycles. The van der Waals surface area contributed by atoms with Gasteiger partial charge in [0.15, 0.2) is 0 Å². The fraction of sp³-hybridized carbons (Fsp3) is 0.0435. The highest BCUT2D eigenvalue weighted by Gasteiger charge is 2.16. The number of aromatic nitrogens is 3. The second-order valence-electron chi connectivity index (χ2n) is 7.79. The normalized spacial score (nSPS) is 11.7. The Morgan fingerprint density at radius 3 is 2.50 bits per heavy atom. The van der Waals surface area contributed by atoms with Gasteiger partial charge in [0.1, 0.15) is 17.3 Å². The van der Waals surface area contributed by atoms with Crippen LogP contribution in [0.5, 0.6) is 0 Å². The molecule has 172 valence electrons. The van der Waals surface area contributed by atoms with E-state index in [-0.39, 0.29) is 11.3 Å². The Morgan fingerprint density at radius 1 is 0.941 bits per heavy atom. The molecule has 2 aromatic heterocycles. The highest BCUT2D eigenvalue weighted by Crippen LogP contribution is 2.33. The molecule has 5 aromatic rings. The van der Waals surface area contributed by atoms with Crippen LogP contribution in [0, 0.1) is 11.6 Å². The van der Waals surface area contributed by atoms with Crippen LogP contribution in [0.1, 0.15) is 10.5 Å².